The van der Waals surface area contributed by atoms with E-state index in [1.807, 2.05) is 54.4 Å². The van der Waals surface area contributed by atoms with Crippen LogP contribution in [0.15, 0.2) is 67.3 Å². The SMILES string of the molecule is C=CCN1CCCC(N(C)C(=O)N2CC(c3cc(F)ccc3F)=CC2c2ccccc2)CC1. The highest BCUT2D eigenvalue weighted by atomic mass is 19.1. The summed E-state index contributed by atoms with van der Waals surface area (Å²) in [5.74, 6) is -0.976. The molecule has 2 aromatic rings. The van der Waals surface area contributed by atoms with Crippen LogP contribution >= 0.6 is 0 Å². The normalized spacial score (nSPS) is 21.4. The molecule has 0 saturated carbocycles. The minimum atomic E-state index is -0.493. The summed E-state index contributed by atoms with van der Waals surface area (Å²) >= 11 is 0. The molecule has 2 aliphatic rings. The smallest absolute Gasteiger partial charge is 0.321 e. The molecule has 0 radical (unpaired) electrons. The molecule has 1 fully saturated rings. The monoisotopic (exact) mass is 451 g/mol. The predicted molar refractivity (Wildman–Crippen MR) is 128 cm³/mol. The minimum absolute atomic E-state index is 0.0888. The van der Waals surface area contributed by atoms with Gasteiger partial charge in [-0.1, -0.05) is 42.5 Å². The average molecular weight is 452 g/mol. The molecule has 174 valence electrons. The van der Waals surface area contributed by atoms with Crippen molar-refractivity contribution in [2.45, 2.75) is 31.3 Å². The molecular weight excluding hydrogens is 420 g/mol. The lowest BCUT2D eigenvalue weighted by atomic mass is 10.0. The van der Waals surface area contributed by atoms with Crippen molar-refractivity contribution < 1.29 is 13.6 Å². The van der Waals surface area contributed by atoms with Crippen LogP contribution in [-0.4, -0.2) is 60.0 Å². The molecule has 6 heteroatoms. The van der Waals surface area contributed by atoms with Crippen LogP contribution in [0.1, 0.15) is 36.4 Å². The molecule has 0 spiro atoms. The van der Waals surface area contributed by atoms with E-state index in [1.54, 1.807) is 4.90 Å². The fraction of sp³-hybridized carbons (Fsp3) is 0.370. The van der Waals surface area contributed by atoms with Crippen molar-refractivity contribution in [3.63, 3.8) is 0 Å². The average Bonchev–Trinajstić information content (AvgIpc) is 3.14. The van der Waals surface area contributed by atoms with Crippen LogP contribution in [0.3, 0.4) is 0 Å². The highest BCUT2D eigenvalue weighted by Gasteiger charge is 2.35. The molecular formula is C27H31F2N3O. The molecule has 0 bridgehead atoms. The molecule has 0 N–H and O–H groups in total. The molecule has 2 atom stereocenters. The maximum Gasteiger partial charge on any atom is 0.321 e. The highest BCUT2D eigenvalue weighted by molar-refractivity contribution is 5.82. The number of halogens is 2. The summed E-state index contributed by atoms with van der Waals surface area (Å²) in [7, 11) is 1.86. The Morgan fingerprint density at radius 1 is 1.15 bits per heavy atom. The Hall–Kier alpha value is -2.99. The van der Waals surface area contributed by atoms with Crippen LogP contribution in [-0.2, 0) is 0 Å². The molecule has 33 heavy (non-hydrogen) atoms. The van der Waals surface area contributed by atoms with Gasteiger partial charge < -0.3 is 9.80 Å². The number of likely N-dealkylation sites (tertiary alicyclic amines) is 1. The second-order valence-electron chi connectivity index (χ2n) is 8.87. The Bertz CT molecular complexity index is 1020. The largest absolute Gasteiger partial charge is 0.325 e. The standard InChI is InChI=1S/C27H31F2N3O/c1-3-14-31-15-7-10-23(13-16-31)30(2)27(33)32-19-21(24-18-22(28)11-12-25(24)29)17-26(32)20-8-5-4-6-9-20/h3-6,8-9,11-12,17-18,23,26H,1,7,10,13-16,19H2,2H3. The molecule has 1 saturated heterocycles. The second kappa shape index (κ2) is 10.3. The second-order valence-corrected chi connectivity index (χ2v) is 8.87. The minimum Gasteiger partial charge on any atom is -0.325 e. The van der Waals surface area contributed by atoms with Crippen LogP contribution < -0.4 is 0 Å². The van der Waals surface area contributed by atoms with Gasteiger partial charge in [0.1, 0.15) is 11.6 Å². The molecule has 2 heterocycles. The van der Waals surface area contributed by atoms with Crippen molar-refractivity contribution in [3.05, 3.63) is 90.0 Å². The Balaban J connectivity index is 1.58. The Labute approximate surface area is 194 Å². The van der Waals surface area contributed by atoms with Gasteiger partial charge in [0.25, 0.3) is 0 Å². The molecule has 0 aliphatic carbocycles. The quantitative estimate of drug-likeness (QED) is 0.562. The van der Waals surface area contributed by atoms with Gasteiger partial charge >= 0.3 is 6.03 Å². The lowest BCUT2D eigenvalue weighted by molar-refractivity contribution is 0.140. The van der Waals surface area contributed by atoms with Crippen molar-refractivity contribution in [1.82, 2.24) is 14.7 Å². The van der Waals surface area contributed by atoms with Gasteiger partial charge in [-0.15, -0.1) is 6.58 Å². The van der Waals surface area contributed by atoms with Crippen molar-refractivity contribution in [3.8, 4) is 0 Å². The Morgan fingerprint density at radius 3 is 2.70 bits per heavy atom. The van der Waals surface area contributed by atoms with Gasteiger partial charge in [0, 0.05) is 38.3 Å². The molecule has 2 aliphatic heterocycles. The summed E-state index contributed by atoms with van der Waals surface area (Å²) in [5.41, 5.74) is 1.79. The van der Waals surface area contributed by atoms with E-state index >= 15 is 0 Å². The van der Waals surface area contributed by atoms with Gasteiger partial charge in [-0.25, -0.2) is 13.6 Å². The third-order valence-electron chi connectivity index (χ3n) is 6.72. The number of nitrogens with zero attached hydrogens (tertiary/aromatic N) is 3. The lowest BCUT2D eigenvalue weighted by Crippen LogP contribution is -2.46. The highest BCUT2D eigenvalue weighted by Crippen LogP contribution is 2.36. The maximum absolute atomic E-state index is 14.5. The first-order valence-electron chi connectivity index (χ1n) is 11.6. The zero-order valence-electron chi connectivity index (χ0n) is 19.1. The van der Waals surface area contributed by atoms with Crippen molar-refractivity contribution in [2.75, 3.05) is 33.2 Å². The summed E-state index contributed by atoms with van der Waals surface area (Å²) in [4.78, 5) is 19.7. The fourth-order valence-corrected chi connectivity index (χ4v) is 4.90. The first kappa shape index (κ1) is 23.2. The van der Waals surface area contributed by atoms with E-state index < -0.39 is 11.6 Å². The summed E-state index contributed by atoms with van der Waals surface area (Å²) in [6.07, 6.45) is 6.67. The number of hydrogen-bond acceptors (Lipinski definition) is 2. The first-order valence-corrected chi connectivity index (χ1v) is 11.6. The maximum atomic E-state index is 14.5. The lowest BCUT2D eigenvalue weighted by Gasteiger charge is -2.34. The van der Waals surface area contributed by atoms with E-state index in [0.717, 1.165) is 56.6 Å². The number of hydrogen-bond donors (Lipinski definition) is 0. The number of rotatable bonds is 5. The number of carbonyl (C=O) groups is 1. The zero-order chi connectivity index (χ0) is 23.4. The molecule has 4 rings (SSSR count). The first-order chi connectivity index (χ1) is 16.0. The van der Waals surface area contributed by atoms with Gasteiger partial charge in [0.15, 0.2) is 0 Å². The van der Waals surface area contributed by atoms with Crippen LogP contribution in [0.5, 0.6) is 0 Å². The van der Waals surface area contributed by atoms with E-state index in [9.17, 15) is 13.6 Å². The molecule has 2 amide bonds. The molecule has 2 unspecified atom stereocenters. The third-order valence-corrected chi connectivity index (χ3v) is 6.72. The summed E-state index contributed by atoms with van der Waals surface area (Å²) in [6.45, 7) is 6.86. The van der Waals surface area contributed by atoms with Gasteiger partial charge in [-0.05, 0) is 55.1 Å². The molecule has 4 nitrogen and oxygen atoms in total. The Kier molecular flexibility index (Phi) is 7.23. The summed E-state index contributed by atoms with van der Waals surface area (Å²) < 4.78 is 28.4. The fourth-order valence-electron chi connectivity index (χ4n) is 4.90. The predicted octanol–water partition coefficient (Wildman–Crippen LogP) is 5.50. The van der Waals surface area contributed by atoms with E-state index in [4.69, 9.17) is 0 Å². The summed E-state index contributed by atoms with van der Waals surface area (Å²) in [5, 5.41) is 0. The Morgan fingerprint density at radius 2 is 1.94 bits per heavy atom. The number of urea groups is 1. The van der Waals surface area contributed by atoms with Gasteiger partial charge in [-0.2, -0.15) is 0 Å². The van der Waals surface area contributed by atoms with Crippen LogP contribution in [0.4, 0.5) is 13.6 Å². The molecule has 0 aromatic heterocycles. The van der Waals surface area contributed by atoms with E-state index in [-0.39, 0.29) is 30.2 Å². The van der Waals surface area contributed by atoms with Crippen LogP contribution in [0.25, 0.3) is 5.57 Å². The van der Waals surface area contributed by atoms with Crippen molar-refractivity contribution >= 4 is 11.6 Å². The van der Waals surface area contributed by atoms with E-state index in [2.05, 4.69) is 11.5 Å². The van der Waals surface area contributed by atoms with Gasteiger partial charge in [0.05, 0.1) is 6.04 Å². The third kappa shape index (κ3) is 5.17. The number of benzene rings is 2. The molecule has 2 aromatic carbocycles. The van der Waals surface area contributed by atoms with Crippen LogP contribution in [0.2, 0.25) is 0 Å². The topological polar surface area (TPSA) is 26.8 Å². The number of carbonyl (C=O) groups excluding carboxylic acids is 1. The zero-order valence-corrected chi connectivity index (χ0v) is 19.1. The van der Waals surface area contributed by atoms with Gasteiger partial charge in [-0.3, -0.25) is 4.90 Å². The van der Waals surface area contributed by atoms with Crippen molar-refractivity contribution in [1.29, 1.82) is 0 Å². The number of amides is 2. The van der Waals surface area contributed by atoms with Crippen molar-refractivity contribution in [2.24, 2.45) is 0 Å². The van der Waals surface area contributed by atoms with E-state index in [1.165, 1.54) is 6.07 Å². The van der Waals surface area contributed by atoms with Gasteiger partial charge in [0.2, 0.25) is 0 Å². The van der Waals surface area contributed by atoms with Crippen LogP contribution in [0, 0.1) is 11.6 Å². The van der Waals surface area contributed by atoms with E-state index in [0.29, 0.717) is 5.57 Å². The summed E-state index contributed by atoms with van der Waals surface area (Å²) in [6, 6.07) is 12.9.